The number of rotatable bonds is 7. The maximum atomic E-state index is 12.7. The van der Waals surface area contributed by atoms with Gasteiger partial charge in [0.1, 0.15) is 30.0 Å². The van der Waals surface area contributed by atoms with E-state index in [9.17, 15) is 15.0 Å². The van der Waals surface area contributed by atoms with Crippen molar-refractivity contribution in [2.24, 2.45) is 0 Å². The SMILES string of the molecule is CO[C@H]1O[C@@H]2CO[Si](C(C)C)(C(C)C)O[Si](C(C)C)(C(C)C)O[C@H]2C1=O.CO[C@H]1O[C@H](CO)[C@@H](O)[C@@]1(C)O. The van der Waals surface area contributed by atoms with Crippen LogP contribution in [0.4, 0.5) is 0 Å². The summed E-state index contributed by atoms with van der Waals surface area (Å²) in [6.07, 6.45) is -4.78. The maximum Gasteiger partial charge on any atom is 0.335 e. The van der Waals surface area contributed by atoms with E-state index in [0.717, 1.165) is 0 Å². The van der Waals surface area contributed by atoms with Gasteiger partial charge in [-0.2, -0.15) is 0 Å². The van der Waals surface area contributed by atoms with Gasteiger partial charge in [-0.25, -0.2) is 0 Å². The van der Waals surface area contributed by atoms with Crippen molar-refractivity contribution in [3.63, 3.8) is 0 Å². The minimum atomic E-state index is -2.77. The highest BCUT2D eigenvalue weighted by Gasteiger charge is 2.61. The highest BCUT2D eigenvalue weighted by molar-refractivity contribution is 6.84. The fourth-order valence-corrected chi connectivity index (χ4v) is 16.7. The minimum Gasteiger partial charge on any atom is -0.414 e. The van der Waals surface area contributed by atoms with E-state index in [1.165, 1.54) is 21.1 Å². The van der Waals surface area contributed by atoms with Crippen LogP contribution in [-0.2, 0) is 36.7 Å². The number of aliphatic hydroxyl groups excluding tert-OH is 2. The summed E-state index contributed by atoms with van der Waals surface area (Å²) in [6, 6.07) is 0. The average Bonchev–Trinajstić information content (AvgIpc) is 3.24. The van der Waals surface area contributed by atoms with Crippen LogP contribution < -0.4 is 0 Å². The molecular formula is C25H50O11Si2. The predicted molar refractivity (Wildman–Crippen MR) is 144 cm³/mol. The molecule has 3 aliphatic heterocycles. The van der Waals surface area contributed by atoms with E-state index < -0.39 is 59.7 Å². The fourth-order valence-electron chi connectivity index (χ4n) is 5.49. The molecule has 0 aromatic heterocycles. The lowest BCUT2D eigenvalue weighted by Gasteiger charge is -2.50. The Morgan fingerprint density at radius 1 is 0.947 bits per heavy atom. The van der Waals surface area contributed by atoms with E-state index in [1.807, 2.05) is 0 Å². The Balaban J connectivity index is 0.000000352. The van der Waals surface area contributed by atoms with Crippen LogP contribution in [0, 0.1) is 0 Å². The van der Waals surface area contributed by atoms with E-state index in [4.69, 9.17) is 37.0 Å². The molecule has 0 unspecified atom stereocenters. The molecule has 3 saturated heterocycles. The number of methoxy groups -OCH3 is 2. The first kappa shape index (κ1) is 33.9. The summed E-state index contributed by atoms with van der Waals surface area (Å²) in [6.45, 7) is 18.6. The monoisotopic (exact) mass is 582 g/mol. The van der Waals surface area contributed by atoms with Gasteiger partial charge in [0, 0.05) is 14.2 Å². The third kappa shape index (κ3) is 6.29. The van der Waals surface area contributed by atoms with E-state index >= 15 is 0 Å². The number of Topliss-reactive ketones (excluding diaryl/α,β-unsaturated/α-hetero) is 1. The summed E-state index contributed by atoms with van der Waals surface area (Å²) in [5.74, 6) is -0.161. The number of fused-ring (bicyclic) bond motifs is 1. The van der Waals surface area contributed by atoms with Crippen molar-refractivity contribution >= 4 is 22.9 Å². The average molecular weight is 583 g/mol. The number of carbonyl (C=O) groups excluding carboxylic acids is 1. The third-order valence-corrected chi connectivity index (χ3v) is 18.0. The standard InChI is InChI=1S/C18H36O6Si2.C7H14O5/c1-11(2)25(12(3)4)21-10-15-17(16(19)18(20-9)22-15)23-26(24-25,13(5)6)14(7)8;1-7(10)5(9)4(3-8)12-6(7)11-2/h11-15,17-18H,10H2,1-9H3;4-6,8-10H,3H2,1-2H3/t15-,17-,18+;4-,5-,6+,7-/m11/s1. The van der Waals surface area contributed by atoms with Crippen LogP contribution in [0.25, 0.3) is 0 Å². The van der Waals surface area contributed by atoms with Gasteiger partial charge in [0.15, 0.2) is 6.29 Å². The Morgan fingerprint density at radius 3 is 1.84 bits per heavy atom. The molecule has 11 nitrogen and oxygen atoms in total. The van der Waals surface area contributed by atoms with Crippen LogP contribution in [0.15, 0.2) is 0 Å². The molecule has 0 aliphatic carbocycles. The van der Waals surface area contributed by atoms with Gasteiger partial charge < -0.3 is 47.2 Å². The summed E-state index contributed by atoms with van der Waals surface area (Å²) in [5.41, 5.74) is -0.556. The number of ether oxygens (including phenoxy) is 4. The quantitative estimate of drug-likeness (QED) is 0.381. The number of hydrogen-bond acceptors (Lipinski definition) is 11. The summed E-state index contributed by atoms with van der Waals surface area (Å²) in [7, 11) is -2.51. The zero-order valence-corrected chi connectivity index (χ0v) is 26.8. The molecule has 3 heterocycles. The summed E-state index contributed by atoms with van der Waals surface area (Å²) >= 11 is 0. The van der Waals surface area contributed by atoms with Crippen molar-refractivity contribution in [3.05, 3.63) is 0 Å². The highest BCUT2D eigenvalue weighted by Crippen LogP contribution is 2.47. The molecule has 0 saturated carbocycles. The van der Waals surface area contributed by atoms with Crippen molar-refractivity contribution < 1.29 is 52.0 Å². The molecule has 3 N–H and O–H groups in total. The van der Waals surface area contributed by atoms with Crippen LogP contribution >= 0.6 is 0 Å². The molecule has 0 amide bonds. The second kappa shape index (κ2) is 13.1. The van der Waals surface area contributed by atoms with Crippen LogP contribution in [-0.4, -0.2) is 108 Å². The first-order valence-corrected chi connectivity index (χ1v) is 17.4. The second-order valence-corrected chi connectivity index (χ2v) is 20.6. The highest BCUT2D eigenvalue weighted by atomic mass is 28.5. The predicted octanol–water partition coefficient (Wildman–Crippen LogP) is 2.35. The lowest BCUT2D eigenvalue weighted by molar-refractivity contribution is -0.186. The van der Waals surface area contributed by atoms with Crippen molar-refractivity contribution in [2.45, 2.75) is 127 Å². The van der Waals surface area contributed by atoms with Crippen molar-refractivity contribution in [2.75, 3.05) is 27.4 Å². The lowest BCUT2D eigenvalue weighted by atomic mass is 9.98. The third-order valence-electron chi connectivity index (χ3n) is 7.81. The van der Waals surface area contributed by atoms with E-state index in [1.54, 1.807) is 0 Å². The smallest absolute Gasteiger partial charge is 0.335 e. The molecule has 38 heavy (non-hydrogen) atoms. The van der Waals surface area contributed by atoms with Gasteiger partial charge in [0.05, 0.1) is 13.2 Å². The molecular weight excluding hydrogens is 532 g/mol. The minimum absolute atomic E-state index is 0.161. The van der Waals surface area contributed by atoms with Gasteiger partial charge >= 0.3 is 17.1 Å². The molecule has 0 bridgehead atoms. The largest absolute Gasteiger partial charge is 0.414 e. The molecule has 224 valence electrons. The molecule has 3 aliphatic rings. The molecule has 0 spiro atoms. The van der Waals surface area contributed by atoms with Crippen LogP contribution in [0.5, 0.6) is 0 Å². The van der Waals surface area contributed by atoms with Crippen LogP contribution in [0.1, 0.15) is 62.3 Å². The number of carbonyl (C=O) groups is 1. The van der Waals surface area contributed by atoms with Gasteiger partial charge in [-0.05, 0) is 29.1 Å². The summed E-state index contributed by atoms with van der Waals surface area (Å²) < 4.78 is 41.1. The first-order chi connectivity index (χ1) is 17.5. The van der Waals surface area contributed by atoms with Crippen molar-refractivity contribution in [3.8, 4) is 0 Å². The maximum absolute atomic E-state index is 12.7. The van der Waals surface area contributed by atoms with Gasteiger partial charge in [-0.1, -0.05) is 55.4 Å². The number of hydrogen-bond donors (Lipinski definition) is 3. The number of aliphatic hydroxyl groups is 3. The van der Waals surface area contributed by atoms with Gasteiger partial charge in [-0.3, -0.25) is 4.79 Å². The van der Waals surface area contributed by atoms with E-state index in [0.29, 0.717) is 6.61 Å². The molecule has 3 rings (SSSR count). The Bertz CT molecular complexity index is 756. The Kier molecular flexibility index (Phi) is 11.7. The lowest BCUT2D eigenvalue weighted by Crippen LogP contribution is -2.65. The summed E-state index contributed by atoms with van der Waals surface area (Å²) in [5, 5.41) is 27.7. The number of ketones is 1. The van der Waals surface area contributed by atoms with Gasteiger partial charge in [0.25, 0.3) is 0 Å². The molecule has 13 heteroatoms. The van der Waals surface area contributed by atoms with E-state index in [2.05, 4.69) is 55.4 Å². The second-order valence-electron chi connectivity index (χ2n) is 11.8. The van der Waals surface area contributed by atoms with Crippen LogP contribution in [0.3, 0.4) is 0 Å². The van der Waals surface area contributed by atoms with E-state index in [-0.39, 0.29) is 34.6 Å². The zero-order valence-electron chi connectivity index (χ0n) is 24.8. The van der Waals surface area contributed by atoms with Gasteiger partial charge in [0.2, 0.25) is 12.1 Å². The molecule has 3 fully saturated rings. The fraction of sp³-hybridized carbons (Fsp3) is 0.960. The molecule has 0 aromatic rings. The Morgan fingerprint density at radius 2 is 1.47 bits per heavy atom. The molecule has 0 radical (unpaired) electrons. The topological polar surface area (TPSA) is 142 Å². The van der Waals surface area contributed by atoms with Crippen molar-refractivity contribution in [1.29, 1.82) is 0 Å². The first-order valence-electron chi connectivity index (χ1n) is 13.5. The van der Waals surface area contributed by atoms with Crippen molar-refractivity contribution in [1.82, 2.24) is 0 Å². The molecule has 0 aromatic carbocycles. The normalized spacial score (nSPS) is 36.8. The Labute approximate surface area is 229 Å². The molecule has 7 atom stereocenters. The summed E-state index contributed by atoms with van der Waals surface area (Å²) in [4.78, 5) is 12.7. The zero-order chi connectivity index (χ0) is 29.2. The Hall–Kier alpha value is -0.296. The van der Waals surface area contributed by atoms with Crippen LogP contribution in [0.2, 0.25) is 22.2 Å². The van der Waals surface area contributed by atoms with Gasteiger partial charge in [-0.15, -0.1) is 0 Å².